The number of aryl methyl sites for hydroxylation is 1. The highest BCUT2D eigenvalue weighted by Crippen LogP contribution is 2.27. The predicted octanol–water partition coefficient (Wildman–Crippen LogP) is 2.64. The Morgan fingerprint density at radius 1 is 1.26 bits per heavy atom. The molecule has 0 amide bonds. The van der Waals surface area contributed by atoms with Gasteiger partial charge in [-0.05, 0) is 44.4 Å². The van der Waals surface area contributed by atoms with Crippen molar-refractivity contribution in [3.63, 3.8) is 0 Å². The number of hydrogen-bond donors (Lipinski definition) is 1. The number of rotatable bonds is 5. The van der Waals surface area contributed by atoms with E-state index in [1.165, 1.54) is 4.31 Å². The van der Waals surface area contributed by atoms with E-state index in [-0.39, 0.29) is 4.90 Å². The normalized spacial score (nSPS) is 12.9. The van der Waals surface area contributed by atoms with Crippen LogP contribution in [-0.2, 0) is 16.4 Å². The summed E-state index contributed by atoms with van der Waals surface area (Å²) in [6, 6.07) is 4.97. The Bertz CT molecular complexity index is 551. The second-order valence-electron chi connectivity index (χ2n) is 5.35. The van der Waals surface area contributed by atoms with E-state index in [4.69, 9.17) is 5.73 Å². The number of nitrogen functional groups attached to an aromatic ring is 1. The van der Waals surface area contributed by atoms with Crippen LogP contribution in [0.3, 0.4) is 0 Å². The van der Waals surface area contributed by atoms with Crippen molar-refractivity contribution in [3.05, 3.63) is 23.8 Å². The third-order valence-corrected chi connectivity index (χ3v) is 5.94. The molecule has 0 heterocycles. The second kappa shape index (κ2) is 5.51. The van der Waals surface area contributed by atoms with Crippen molar-refractivity contribution in [2.45, 2.75) is 51.0 Å². The quantitative estimate of drug-likeness (QED) is 0.845. The van der Waals surface area contributed by atoms with Crippen molar-refractivity contribution >= 4 is 15.7 Å². The summed E-state index contributed by atoms with van der Waals surface area (Å²) in [6.07, 6.45) is 1.54. The Morgan fingerprint density at radius 2 is 1.84 bits per heavy atom. The van der Waals surface area contributed by atoms with Crippen LogP contribution in [0, 0.1) is 0 Å². The first-order valence-corrected chi connectivity index (χ1v) is 7.98. The fraction of sp³-hybridized carbons (Fsp3) is 0.571. The Hall–Kier alpha value is -1.07. The molecular formula is C14H24N2O2S. The summed E-state index contributed by atoms with van der Waals surface area (Å²) in [4.78, 5) is 0.256. The van der Waals surface area contributed by atoms with Gasteiger partial charge in [-0.3, -0.25) is 0 Å². The highest BCUT2D eigenvalue weighted by molar-refractivity contribution is 7.89. The van der Waals surface area contributed by atoms with Crippen molar-refractivity contribution in [2.24, 2.45) is 0 Å². The highest BCUT2D eigenvalue weighted by Gasteiger charge is 2.32. The molecule has 1 rings (SSSR count). The van der Waals surface area contributed by atoms with Crippen molar-refractivity contribution < 1.29 is 8.42 Å². The number of hydrogen-bond acceptors (Lipinski definition) is 3. The Balaban J connectivity index is 3.25. The average Bonchev–Trinajstić information content (AvgIpc) is 2.37. The SMILES string of the molecule is CCc1ccc(S(=O)(=O)N(C)C(C)(C)CC)cc1N. The van der Waals surface area contributed by atoms with Gasteiger partial charge in [-0.2, -0.15) is 4.31 Å². The van der Waals surface area contributed by atoms with E-state index in [0.29, 0.717) is 5.69 Å². The van der Waals surface area contributed by atoms with Gasteiger partial charge in [-0.25, -0.2) is 8.42 Å². The summed E-state index contributed by atoms with van der Waals surface area (Å²) in [5.74, 6) is 0. The van der Waals surface area contributed by atoms with Crippen LogP contribution in [0.1, 0.15) is 39.7 Å². The molecule has 108 valence electrons. The van der Waals surface area contributed by atoms with Crippen molar-refractivity contribution in [3.8, 4) is 0 Å². The zero-order chi connectivity index (χ0) is 14.8. The van der Waals surface area contributed by atoms with Gasteiger partial charge in [0.05, 0.1) is 4.90 Å². The number of nitrogens with two attached hydrogens (primary N) is 1. The summed E-state index contributed by atoms with van der Waals surface area (Å²) in [6.45, 7) is 7.79. The minimum atomic E-state index is -3.50. The minimum Gasteiger partial charge on any atom is -0.398 e. The second-order valence-corrected chi connectivity index (χ2v) is 7.32. The lowest BCUT2D eigenvalue weighted by Crippen LogP contribution is -2.44. The molecule has 0 unspecified atom stereocenters. The molecule has 0 aliphatic heterocycles. The first-order chi connectivity index (χ1) is 8.66. The minimum absolute atomic E-state index is 0.256. The molecule has 5 heteroatoms. The molecule has 0 aromatic heterocycles. The van der Waals surface area contributed by atoms with Crippen LogP contribution in [0.4, 0.5) is 5.69 Å². The predicted molar refractivity (Wildman–Crippen MR) is 79.6 cm³/mol. The molecular weight excluding hydrogens is 260 g/mol. The molecule has 0 spiro atoms. The van der Waals surface area contributed by atoms with Crippen molar-refractivity contribution in [1.29, 1.82) is 0 Å². The van der Waals surface area contributed by atoms with Gasteiger partial charge in [0.1, 0.15) is 0 Å². The maximum Gasteiger partial charge on any atom is 0.243 e. The molecule has 0 atom stereocenters. The molecule has 2 N–H and O–H groups in total. The Morgan fingerprint density at radius 3 is 2.26 bits per heavy atom. The first kappa shape index (κ1) is 16.0. The van der Waals surface area contributed by atoms with E-state index < -0.39 is 15.6 Å². The van der Waals surface area contributed by atoms with Crippen LogP contribution >= 0.6 is 0 Å². The monoisotopic (exact) mass is 284 g/mol. The lowest BCUT2D eigenvalue weighted by molar-refractivity contribution is 0.257. The smallest absolute Gasteiger partial charge is 0.243 e. The van der Waals surface area contributed by atoms with Crippen LogP contribution in [0.2, 0.25) is 0 Å². The van der Waals surface area contributed by atoms with Gasteiger partial charge < -0.3 is 5.73 Å². The van der Waals surface area contributed by atoms with Crippen molar-refractivity contribution in [2.75, 3.05) is 12.8 Å². The van der Waals surface area contributed by atoms with Crippen LogP contribution in [0.25, 0.3) is 0 Å². The molecule has 0 saturated carbocycles. The van der Waals surface area contributed by atoms with Crippen molar-refractivity contribution in [1.82, 2.24) is 4.31 Å². The van der Waals surface area contributed by atoms with E-state index in [1.54, 1.807) is 25.2 Å². The van der Waals surface area contributed by atoms with E-state index in [0.717, 1.165) is 18.4 Å². The third-order valence-electron chi connectivity index (χ3n) is 3.87. The van der Waals surface area contributed by atoms with Gasteiger partial charge in [0, 0.05) is 18.3 Å². The maximum atomic E-state index is 12.6. The summed E-state index contributed by atoms with van der Waals surface area (Å²) in [7, 11) is -1.89. The summed E-state index contributed by atoms with van der Waals surface area (Å²) < 4.78 is 26.5. The molecule has 0 bridgehead atoms. The summed E-state index contributed by atoms with van der Waals surface area (Å²) in [5.41, 5.74) is 6.97. The highest BCUT2D eigenvalue weighted by atomic mass is 32.2. The standard InChI is InChI=1S/C14H24N2O2S/c1-6-11-8-9-12(10-13(11)15)19(17,18)16(5)14(3,4)7-2/h8-10H,6-7,15H2,1-5H3. The number of anilines is 1. The molecule has 1 aromatic rings. The topological polar surface area (TPSA) is 63.4 Å². The van der Waals surface area contributed by atoms with Gasteiger partial charge in [-0.1, -0.05) is 19.9 Å². The fourth-order valence-corrected chi connectivity index (χ4v) is 3.37. The molecule has 0 saturated heterocycles. The van der Waals surface area contributed by atoms with Crippen LogP contribution < -0.4 is 5.73 Å². The lowest BCUT2D eigenvalue weighted by atomic mass is 10.0. The van der Waals surface area contributed by atoms with Crippen LogP contribution in [0.15, 0.2) is 23.1 Å². The number of sulfonamides is 1. The largest absolute Gasteiger partial charge is 0.398 e. The van der Waals surface area contributed by atoms with E-state index in [9.17, 15) is 8.42 Å². The van der Waals surface area contributed by atoms with Gasteiger partial charge in [0.25, 0.3) is 0 Å². The zero-order valence-corrected chi connectivity index (χ0v) is 13.2. The molecule has 4 nitrogen and oxygen atoms in total. The Labute approximate surface area is 116 Å². The molecule has 19 heavy (non-hydrogen) atoms. The summed E-state index contributed by atoms with van der Waals surface area (Å²) in [5, 5.41) is 0. The van der Waals surface area contributed by atoms with E-state index in [1.807, 2.05) is 27.7 Å². The number of nitrogens with zero attached hydrogens (tertiary/aromatic N) is 1. The average molecular weight is 284 g/mol. The van der Waals surface area contributed by atoms with Gasteiger partial charge in [0.15, 0.2) is 0 Å². The molecule has 0 aliphatic carbocycles. The zero-order valence-electron chi connectivity index (χ0n) is 12.4. The lowest BCUT2D eigenvalue weighted by Gasteiger charge is -2.33. The van der Waals surface area contributed by atoms with Crippen LogP contribution in [-0.4, -0.2) is 25.3 Å². The Kier molecular flexibility index (Phi) is 4.63. The molecule has 1 aromatic carbocycles. The summed E-state index contributed by atoms with van der Waals surface area (Å²) >= 11 is 0. The molecule has 0 radical (unpaired) electrons. The van der Waals surface area contributed by atoms with Gasteiger partial charge >= 0.3 is 0 Å². The van der Waals surface area contributed by atoms with E-state index >= 15 is 0 Å². The van der Waals surface area contributed by atoms with Crippen LogP contribution in [0.5, 0.6) is 0 Å². The van der Waals surface area contributed by atoms with Gasteiger partial charge in [-0.15, -0.1) is 0 Å². The third kappa shape index (κ3) is 3.09. The maximum absolute atomic E-state index is 12.6. The number of benzene rings is 1. The first-order valence-electron chi connectivity index (χ1n) is 6.54. The molecule has 0 fully saturated rings. The van der Waals surface area contributed by atoms with E-state index in [2.05, 4.69) is 0 Å². The van der Waals surface area contributed by atoms with Gasteiger partial charge in [0.2, 0.25) is 10.0 Å². The fourth-order valence-electron chi connectivity index (χ4n) is 1.76. The molecule has 0 aliphatic rings.